The second kappa shape index (κ2) is 16.6. The van der Waals surface area contributed by atoms with E-state index in [0.29, 0.717) is 59.6 Å². The fourth-order valence-electron chi connectivity index (χ4n) is 8.00. The van der Waals surface area contributed by atoms with E-state index in [2.05, 4.69) is 25.8 Å². The van der Waals surface area contributed by atoms with Crippen molar-refractivity contribution in [3.63, 3.8) is 0 Å². The topological polar surface area (TPSA) is 124 Å². The molecule has 4 heterocycles. The molecule has 1 aliphatic rings. The Morgan fingerprint density at radius 2 is 1.55 bits per heavy atom. The number of aryl methyl sites for hydroxylation is 1. The molecule has 6 aromatic rings. The SMILES string of the molecule is CCOc1ccccc1[C@H](Cn1c(=O)n(C(C)(C)C(=O)O[Si](c2ccccc2)(c2ccccc2)C(C)(C)C)c(=O)c2c(C)c(-c3ncco3)sc21)OC1CCOCC1. The van der Waals surface area contributed by atoms with Crippen molar-refractivity contribution < 1.29 is 27.8 Å². The summed E-state index contributed by atoms with van der Waals surface area (Å²) < 4.78 is 33.9. The summed E-state index contributed by atoms with van der Waals surface area (Å²) in [5, 5.41) is 1.52. The predicted molar refractivity (Wildman–Crippen MR) is 229 cm³/mol. The molecule has 1 atom stereocenters. The Morgan fingerprint density at radius 3 is 2.14 bits per heavy atom. The third-order valence-corrected chi connectivity index (χ3v) is 17.2. The van der Waals surface area contributed by atoms with Crippen molar-refractivity contribution in [1.82, 2.24) is 14.1 Å². The van der Waals surface area contributed by atoms with E-state index in [1.54, 1.807) is 18.4 Å². The summed E-state index contributed by atoms with van der Waals surface area (Å²) >= 11 is 1.25. The minimum absolute atomic E-state index is 0.0157. The molecule has 0 radical (unpaired) electrons. The van der Waals surface area contributed by atoms with E-state index in [1.165, 1.54) is 23.8 Å². The van der Waals surface area contributed by atoms with Gasteiger partial charge in [0.15, 0.2) is 0 Å². The molecule has 1 aliphatic heterocycles. The first kappa shape index (κ1) is 41.1. The van der Waals surface area contributed by atoms with Gasteiger partial charge in [-0.05, 0) is 67.6 Å². The van der Waals surface area contributed by atoms with Gasteiger partial charge in [0.1, 0.15) is 28.5 Å². The highest BCUT2D eigenvalue weighted by Gasteiger charge is 2.55. The lowest BCUT2D eigenvalue weighted by Gasteiger charge is -2.43. The summed E-state index contributed by atoms with van der Waals surface area (Å²) in [6.07, 6.45) is 3.57. The van der Waals surface area contributed by atoms with Crippen molar-refractivity contribution in [1.29, 1.82) is 0 Å². The van der Waals surface area contributed by atoms with E-state index in [9.17, 15) is 0 Å². The maximum absolute atomic E-state index is 15.3. The lowest BCUT2D eigenvalue weighted by molar-refractivity contribution is -0.144. The normalized spacial score (nSPS) is 14.7. The molecular weight excluding hydrogens is 771 g/mol. The molecular formula is C45H51N3O8SSi. The molecule has 0 N–H and O–H groups in total. The third-order valence-electron chi connectivity index (χ3n) is 11.0. The van der Waals surface area contributed by atoms with Crippen LogP contribution in [0.3, 0.4) is 0 Å². The molecule has 7 rings (SSSR count). The largest absolute Gasteiger partial charge is 0.508 e. The van der Waals surface area contributed by atoms with Crippen molar-refractivity contribution in [2.45, 2.75) is 90.6 Å². The summed E-state index contributed by atoms with van der Waals surface area (Å²) in [6.45, 7) is 14.7. The maximum atomic E-state index is 15.3. The van der Waals surface area contributed by atoms with Gasteiger partial charge in [-0.2, -0.15) is 0 Å². The summed E-state index contributed by atoms with van der Waals surface area (Å²) in [6, 6.07) is 27.2. The number of hydrogen-bond acceptors (Lipinski definition) is 10. The Hall–Kier alpha value is -5.08. The van der Waals surface area contributed by atoms with Crippen molar-refractivity contribution in [3.8, 4) is 16.5 Å². The zero-order valence-corrected chi connectivity index (χ0v) is 36.0. The van der Waals surface area contributed by atoms with E-state index in [0.717, 1.165) is 20.5 Å². The number of rotatable bonds is 13. The number of ether oxygens (including phenoxy) is 3. The van der Waals surface area contributed by atoms with E-state index in [-0.39, 0.29) is 18.0 Å². The van der Waals surface area contributed by atoms with Crippen LogP contribution in [0.4, 0.5) is 0 Å². The zero-order chi connectivity index (χ0) is 41.2. The number of para-hydroxylation sites is 1. The maximum Gasteiger partial charge on any atom is 0.333 e. The molecule has 304 valence electrons. The van der Waals surface area contributed by atoms with Crippen LogP contribution in [0.2, 0.25) is 5.04 Å². The highest BCUT2D eigenvalue weighted by Crippen LogP contribution is 2.40. The van der Waals surface area contributed by atoms with Gasteiger partial charge in [0.25, 0.3) is 5.56 Å². The van der Waals surface area contributed by atoms with Crippen molar-refractivity contribution in [3.05, 3.63) is 129 Å². The van der Waals surface area contributed by atoms with Crippen LogP contribution in [-0.4, -0.2) is 54.3 Å². The number of hydrogen-bond donors (Lipinski definition) is 0. The average Bonchev–Trinajstić information content (AvgIpc) is 3.87. The van der Waals surface area contributed by atoms with Gasteiger partial charge in [0.05, 0.1) is 35.7 Å². The fourth-order valence-corrected chi connectivity index (χ4v) is 13.7. The monoisotopic (exact) mass is 821 g/mol. The lowest BCUT2D eigenvalue weighted by Crippen LogP contribution is -2.69. The highest BCUT2D eigenvalue weighted by atomic mass is 32.1. The first-order valence-electron chi connectivity index (χ1n) is 19.8. The standard InChI is InChI=1S/C45H51N3O8SSi/c1-8-53-35-22-16-15-21-34(35)36(55-31-23-26-52-27-24-31)29-47-41-37(30(2)38(57-41)39-46-25-28-54-39)40(49)48(43(47)51)45(6,7)42(50)56-58(44(3,4)5,32-17-11-9-12-18-32)33-19-13-10-14-20-33/h9-22,25,28,31,36H,8,23-24,26-27,29H2,1-7H3/t36-/m0/s1. The Kier molecular flexibility index (Phi) is 11.8. The van der Waals surface area contributed by atoms with Gasteiger partial charge in [-0.3, -0.25) is 14.2 Å². The highest BCUT2D eigenvalue weighted by molar-refractivity contribution is 7.22. The van der Waals surface area contributed by atoms with Crippen molar-refractivity contribution >= 4 is 46.2 Å². The van der Waals surface area contributed by atoms with Gasteiger partial charge in [-0.15, -0.1) is 11.3 Å². The second-order valence-corrected chi connectivity index (χ2v) is 21.3. The van der Waals surface area contributed by atoms with Gasteiger partial charge in [0, 0.05) is 18.8 Å². The van der Waals surface area contributed by atoms with Crippen molar-refractivity contribution in [2.75, 3.05) is 19.8 Å². The van der Waals surface area contributed by atoms with Crippen LogP contribution in [-0.2, 0) is 30.8 Å². The van der Waals surface area contributed by atoms with Crippen LogP contribution in [0.25, 0.3) is 21.0 Å². The summed E-state index contributed by atoms with van der Waals surface area (Å²) in [5.41, 5.74) is -1.70. The summed E-state index contributed by atoms with van der Waals surface area (Å²) in [5.74, 6) is 0.270. The molecule has 0 aliphatic carbocycles. The molecule has 0 unspecified atom stereocenters. The van der Waals surface area contributed by atoms with Gasteiger partial charge in [0.2, 0.25) is 5.89 Å². The van der Waals surface area contributed by atoms with Crippen LogP contribution in [0.15, 0.2) is 111 Å². The fraction of sp³-hybridized carbons (Fsp3) is 0.378. The third kappa shape index (κ3) is 7.52. The minimum atomic E-state index is -3.45. The molecule has 1 saturated heterocycles. The Morgan fingerprint density at radius 1 is 0.931 bits per heavy atom. The molecule has 58 heavy (non-hydrogen) atoms. The van der Waals surface area contributed by atoms with E-state index in [4.69, 9.17) is 23.1 Å². The van der Waals surface area contributed by atoms with Crippen LogP contribution in [0.1, 0.15) is 71.6 Å². The first-order chi connectivity index (χ1) is 27.8. The molecule has 3 aromatic heterocycles. The van der Waals surface area contributed by atoms with E-state index < -0.39 is 42.2 Å². The molecule has 0 saturated carbocycles. The quantitative estimate of drug-likeness (QED) is 0.110. The first-order valence-corrected chi connectivity index (χ1v) is 22.5. The number of carbonyl (C=O) groups excluding carboxylic acids is 1. The number of fused-ring (bicyclic) bond motifs is 1. The Balaban J connectivity index is 1.44. The molecule has 0 bridgehead atoms. The summed E-state index contributed by atoms with van der Waals surface area (Å²) in [7, 11) is -3.45. The van der Waals surface area contributed by atoms with E-state index >= 15 is 14.4 Å². The van der Waals surface area contributed by atoms with Gasteiger partial charge < -0.3 is 23.1 Å². The Labute approximate surface area is 343 Å². The van der Waals surface area contributed by atoms with Crippen LogP contribution < -0.4 is 26.4 Å². The van der Waals surface area contributed by atoms with Crippen LogP contribution in [0.5, 0.6) is 5.75 Å². The van der Waals surface area contributed by atoms with Gasteiger partial charge in [-0.1, -0.05) is 99.6 Å². The number of carbonyl (C=O) groups is 1. The molecule has 0 spiro atoms. The molecule has 11 nitrogen and oxygen atoms in total. The minimum Gasteiger partial charge on any atom is -0.508 e. The number of nitrogens with zero attached hydrogens (tertiary/aromatic N) is 3. The number of aromatic nitrogens is 3. The smallest absolute Gasteiger partial charge is 0.333 e. The zero-order valence-electron chi connectivity index (χ0n) is 34.2. The molecule has 3 aromatic carbocycles. The number of thiophene rings is 1. The molecule has 0 amide bonds. The van der Waals surface area contributed by atoms with Gasteiger partial charge in [-0.25, -0.2) is 14.3 Å². The Bertz CT molecular complexity index is 2440. The lowest BCUT2D eigenvalue weighted by atomic mass is 10.0. The van der Waals surface area contributed by atoms with Crippen LogP contribution >= 0.6 is 11.3 Å². The predicted octanol–water partition coefficient (Wildman–Crippen LogP) is 7.36. The molecule has 1 fully saturated rings. The summed E-state index contributed by atoms with van der Waals surface area (Å²) in [4.78, 5) is 50.9. The average molecular weight is 822 g/mol. The second-order valence-electron chi connectivity index (χ2n) is 16.1. The number of benzene rings is 3. The molecule has 13 heteroatoms. The van der Waals surface area contributed by atoms with Crippen LogP contribution in [0, 0.1) is 6.92 Å². The van der Waals surface area contributed by atoms with Crippen molar-refractivity contribution in [2.24, 2.45) is 0 Å². The number of oxazole rings is 1. The van der Waals surface area contributed by atoms with E-state index in [1.807, 2.05) is 98.8 Å². The van der Waals surface area contributed by atoms with Gasteiger partial charge >= 0.3 is 20.0 Å².